The lowest BCUT2D eigenvalue weighted by atomic mass is 10.2. The number of nitrogens with zero attached hydrogens (tertiary/aromatic N) is 4. The van der Waals surface area contributed by atoms with Crippen LogP contribution < -0.4 is 4.90 Å². The zero-order valence-corrected chi connectivity index (χ0v) is 13.3. The van der Waals surface area contributed by atoms with Crippen LogP contribution in [0.25, 0.3) is 0 Å². The number of amides is 1. The molecular formula is C16H24N4O. The van der Waals surface area contributed by atoms with Crippen molar-refractivity contribution in [1.82, 2.24) is 9.80 Å². The van der Waals surface area contributed by atoms with Gasteiger partial charge in [-0.3, -0.25) is 4.79 Å². The average Bonchev–Trinajstić information content (AvgIpc) is 2.85. The molecule has 0 atom stereocenters. The predicted molar refractivity (Wildman–Crippen MR) is 86.5 cm³/mol. The summed E-state index contributed by atoms with van der Waals surface area (Å²) in [5.74, 6) is 1.16. The van der Waals surface area contributed by atoms with E-state index in [-0.39, 0.29) is 5.91 Å². The lowest BCUT2D eigenvalue weighted by molar-refractivity contribution is -0.117. The van der Waals surface area contributed by atoms with Crippen LogP contribution in [0, 0.1) is 0 Å². The van der Waals surface area contributed by atoms with Gasteiger partial charge in [0.2, 0.25) is 5.91 Å². The highest BCUT2D eigenvalue weighted by molar-refractivity contribution is 5.95. The maximum Gasteiger partial charge on any atom is 0.227 e. The molecule has 5 heteroatoms. The second-order valence-electron chi connectivity index (χ2n) is 5.72. The zero-order valence-electron chi connectivity index (χ0n) is 13.3. The lowest BCUT2D eigenvalue weighted by Crippen LogP contribution is -2.35. The molecule has 114 valence electrons. The van der Waals surface area contributed by atoms with Gasteiger partial charge in [0.15, 0.2) is 5.96 Å². The van der Waals surface area contributed by atoms with E-state index in [1.807, 2.05) is 67.2 Å². The molecule has 21 heavy (non-hydrogen) atoms. The molecule has 0 spiro atoms. The maximum atomic E-state index is 11.7. The molecule has 1 aliphatic rings. The molecule has 1 aromatic rings. The molecule has 0 N–H and O–H groups in total. The Hall–Kier alpha value is -2.04. The third-order valence-corrected chi connectivity index (χ3v) is 3.52. The van der Waals surface area contributed by atoms with Gasteiger partial charge in [0.05, 0.1) is 6.54 Å². The first-order valence-corrected chi connectivity index (χ1v) is 7.27. The van der Waals surface area contributed by atoms with Crippen LogP contribution in [-0.2, 0) is 11.3 Å². The van der Waals surface area contributed by atoms with Gasteiger partial charge in [-0.15, -0.1) is 0 Å². The van der Waals surface area contributed by atoms with Gasteiger partial charge < -0.3 is 14.7 Å². The zero-order chi connectivity index (χ0) is 15.4. The van der Waals surface area contributed by atoms with Crippen molar-refractivity contribution >= 4 is 17.6 Å². The minimum absolute atomic E-state index is 0.225. The first-order valence-electron chi connectivity index (χ1n) is 7.27. The maximum absolute atomic E-state index is 11.7. The number of rotatable bonds is 3. The van der Waals surface area contributed by atoms with Crippen LogP contribution in [0.5, 0.6) is 0 Å². The molecule has 1 aliphatic heterocycles. The first kappa shape index (κ1) is 15.4. The lowest BCUT2D eigenvalue weighted by Gasteiger charge is -2.22. The Balaban J connectivity index is 2.05. The van der Waals surface area contributed by atoms with Gasteiger partial charge in [0.1, 0.15) is 0 Å². The molecule has 0 aromatic heterocycles. The summed E-state index contributed by atoms with van der Waals surface area (Å²) >= 11 is 0. The number of hydrogen-bond acceptors (Lipinski definition) is 2. The van der Waals surface area contributed by atoms with E-state index in [4.69, 9.17) is 0 Å². The molecule has 1 aromatic carbocycles. The molecule has 0 radical (unpaired) electrons. The van der Waals surface area contributed by atoms with Crippen molar-refractivity contribution in [2.75, 3.05) is 39.6 Å². The van der Waals surface area contributed by atoms with Crippen molar-refractivity contribution < 1.29 is 4.79 Å². The highest BCUT2D eigenvalue weighted by Gasteiger charge is 2.21. The van der Waals surface area contributed by atoms with Crippen LogP contribution >= 0.6 is 0 Å². The fourth-order valence-electron chi connectivity index (χ4n) is 2.55. The second kappa shape index (κ2) is 6.61. The number of carbonyl (C=O) groups excluding carboxylic acids is 1. The van der Waals surface area contributed by atoms with E-state index in [2.05, 4.69) is 4.99 Å². The molecule has 0 saturated carbocycles. The number of anilines is 1. The summed E-state index contributed by atoms with van der Waals surface area (Å²) in [7, 11) is 7.95. The second-order valence-corrected chi connectivity index (χ2v) is 5.72. The predicted octanol–water partition coefficient (Wildman–Crippen LogP) is 1.79. The van der Waals surface area contributed by atoms with Gasteiger partial charge in [0.25, 0.3) is 0 Å². The third-order valence-electron chi connectivity index (χ3n) is 3.52. The van der Waals surface area contributed by atoms with Gasteiger partial charge in [-0.1, -0.05) is 12.1 Å². The minimum Gasteiger partial charge on any atom is -0.349 e. The Morgan fingerprint density at radius 1 is 1.14 bits per heavy atom. The third kappa shape index (κ3) is 3.74. The van der Waals surface area contributed by atoms with Crippen molar-refractivity contribution in [3.8, 4) is 0 Å². The molecule has 1 fully saturated rings. The van der Waals surface area contributed by atoms with E-state index in [1.54, 1.807) is 0 Å². The van der Waals surface area contributed by atoms with Crippen molar-refractivity contribution in [2.45, 2.75) is 19.4 Å². The van der Waals surface area contributed by atoms with Crippen molar-refractivity contribution in [1.29, 1.82) is 0 Å². The fraction of sp³-hybridized carbons (Fsp3) is 0.500. The number of carbonyl (C=O) groups is 1. The highest BCUT2D eigenvalue weighted by atomic mass is 16.2. The topological polar surface area (TPSA) is 39.1 Å². The van der Waals surface area contributed by atoms with Gasteiger partial charge in [0, 0.05) is 46.8 Å². The highest BCUT2D eigenvalue weighted by Crippen LogP contribution is 2.21. The summed E-state index contributed by atoms with van der Waals surface area (Å²) in [5, 5.41) is 0. The van der Waals surface area contributed by atoms with Crippen LogP contribution in [-0.4, -0.2) is 56.4 Å². The summed E-state index contributed by atoms with van der Waals surface area (Å²) in [6, 6.07) is 8.12. The smallest absolute Gasteiger partial charge is 0.227 e. The number of guanidine groups is 1. The van der Waals surface area contributed by atoms with Crippen molar-refractivity contribution in [3.05, 3.63) is 29.8 Å². The van der Waals surface area contributed by atoms with Crippen molar-refractivity contribution in [2.24, 2.45) is 4.99 Å². The van der Waals surface area contributed by atoms with E-state index >= 15 is 0 Å². The average molecular weight is 288 g/mol. The molecule has 1 saturated heterocycles. The Labute approximate surface area is 126 Å². The molecule has 0 aliphatic carbocycles. The molecule has 1 heterocycles. The molecule has 2 rings (SSSR count). The summed E-state index contributed by atoms with van der Waals surface area (Å²) in [6.07, 6.45) is 1.63. The fourth-order valence-corrected chi connectivity index (χ4v) is 2.55. The summed E-state index contributed by atoms with van der Waals surface area (Å²) in [5.41, 5.74) is 2.14. The van der Waals surface area contributed by atoms with Crippen LogP contribution in [0.2, 0.25) is 0 Å². The van der Waals surface area contributed by atoms with Gasteiger partial charge in [-0.25, -0.2) is 4.99 Å². The minimum atomic E-state index is 0.225. The van der Waals surface area contributed by atoms with Gasteiger partial charge >= 0.3 is 0 Å². The summed E-state index contributed by atoms with van der Waals surface area (Å²) in [4.78, 5) is 22.2. The molecule has 0 unspecified atom stereocenters. The van der Waals surface area contributed by atoms with Crippen LogP contribution in [0.3, 0.4) is 0 Å². The number of benzene rings is 1. The summed E-state index contributed by atoms with van der Waals surface area (Å²) in [6.45, 7) is 1.47. The Morgan fingerprint density at radius 2 is 1.76 bits per heavy atom. The van der Waals surface area contributed by atoms with Gasteiger partial charge in [-0.2, -0.15) is 0 Å². The molecule has 0 bridgehead atoms. The van der Waals surface area contributed by atoms with Crippen LogP contribution in [0.4, 0.5) is 5.69 Å². The quantitative estimate of drug-likeness (QED) is 0.629. The van der Waals surface area contributed by atoms with Crippen molar-refractivity contribution in [3.63, 3.8) is 0 Å². The monoisotopic (exact) mass is 288 g/mol. The van der Waals surface area contributed by atoms with E-state index < -0.39 is 0 Å². The standard InChI is InChI=1S/C16H24N4O/c1-18(2)16(19(3)4)17-12-13-7-9-14(10-8-13)20-11-5-6-15(20)21/h7-10H,5-6,11-12H2,1-4H3. The number of hydrogen-bond donors (Lipinski definition) is 0. The van der Waals surface area contributed by atoms with E-state index in [0.717, 1.165) is 30.2 Å². The first-order chi connectivity index (χ1) is 9.99. The summed E-state index contributed by atoms with van der Waals surface area (Å²) < 4.78 is 0. The normalized spacial score (nSPS) is 14.3. The van der Waals surface area contributed by atoms with Crippen LogP contribution in [0.1, 0.15) is 18.4 Å². The molecule has 1 amide bonds. The Bertz CT molecular complexity index is 510. The number of aliphatic imine (C=N–C) groups is 1. The van der Waals surface area contributed by atoms with E-state index in [9.17, 15) is 4.79 Å². The van der Waals surface area contributed by atoms with Gasteiger partial charge in [-0.05, 0) is 24.1 Å². The largest absolute Gasteiger partial charge is 0.349 e. The molecular weight excluding hydrogens is 264 g/mol. The molecule has 5 nitrogen and oxygen atoms in total. The van der Waals surface area contributed by atoms with E-state index in [1.165, 1.54) is 0 Å². The Morgan fingerprint density at radius 3 is 2.24 bits per heavy atom. The SMILES string of the molecule is CN(C)C(=NCc1ccc(N2CCCC2=O)cc1)N(C)C. The Kier molecular flexibility index (Phi) is 4.83. The van der Waals surface area contributed by atoms with Crippen LogP contribution in [0.15, 0.2) is 29.3 Å². The van der Waals surface area contributed by atoms with E-state index in [0.29, 0.717) is 13.0 Å².